The van der Waals surface area contributed by atoms with Crippen molar-refractivity contribution in [3.8, 4) is 22.3 Å². The monoisotopic (exact) mass is 437 g/mol. The molecule has 0 aliphatic heterocycles. The van der Waals surface area contributed by atoms with Crippen LogP contribution in [0.15, 0.2) is 91.0 Å². The summed E-state index contributed by atoms with van der Waals surface area (Å²) in [5.41, 5.74) is 11.7. The van der Waals surface area contributed by atoms with E-state index in [1.807, 2.05) is 13.8 Å². The summed E-state index contributed by atoms with van der Waals surface area (Å²) in [5, 5.41) is 0. The Morgan fingerprint density at radius 3 is 1.65 bits per heavy atom. The van der Waals surface area contributed by atoms with E-state index >= 15 is 0 Å². The molecule has 0 unspecified atom stereocenters. The van der Waals surface area contributed by atoms with E-state index in [0.717, 1.165) is 17.5 Å². The number of benzene rings is 4. The van der Waals surface area contributed by atoms with Gasteiger partial charge in [0.15, 0.2) is 0 Å². The first-order chi connectivity index (χ1) is 16.7. The molecule has 1 aromatic heterocycles. The van der Waals surface area contributed by atoms with Gasteiger partial charge in [-0.1, -0.05) is 91.0 Å². The highest BCUT2D eigenvalue weighted by atomic mass is 15.0. The molecule has 3 heteroatoms. The lowest BCUT2D eigenvalue weighted by Gasteiger charge is -2.30. The maximum Gasteiger partial charge on any atom is 0.136 e. The lowest BCUT2D eigenvalue weighted by Crippen LogP contribution is -2.25. The molecule has 0 N–H and O–H groups in total. The molecular weight excluding hydrogens is 414 g/mol. The maximum absolute atomic E-state index is 4.65. The Hall–Kier alpha value is -4.11. The van der Waals surface area contributed by atoms with Crippen LogP contribution in [0.5, 0.6) is 0 Å². The van der Waals surface area contributed by atoms with Crippen molar-refractivity contribution in [3.63, 3.8) is 0 Å². The van der Waals surface area contributed by atoms with Gasteiger partial charge in [-0.25, -0.2) is 15.0 Å². The van der Waals surface area contributed by atoms with Crippen LogP contribution in [0.4, 0.5) is 0 Å². The Labute approximate surface area is 199 Å². The highest BCUT2D eigenvalue weighted by Gasteiger charge is 2.51. The van der Waals surface area contributed by atoms with Crippen LogP contribution in [0.3, 0.4) is 0 Å². The van der Waals surface area contributed by atoms with Crippen molar-refractivity contribution in [3.05, 3.63) is 136 Å². The fourth-order valence-electron chi connectivity index (χ4n) is 6.30. The third-order valence-corrected chi connectivity index (χ3v) is 7.36. The van der Waals surface area contributed by atoms with Gasteiger partial charge >= 0.3 is 0 Å². The molecule has 4 aromatic carbocycles. The Morgan fingerprint density at radius 2 is 1.03 bits per heavy atom. The average molecular weight is 438 g/mol. The van der Waals surface area contributed by atoms with E-state index in [0.29, 0.717) is 6.42 Å². The number of rotatable bonds is 2. The zero-order valence-electron chi connectivity index (χ0n) is 19.2. The highest BCUT2D eigenvalue weighted by Crippen LogP contribution is 2.63. The summed E-state index contributed by atoms with van der Waals surface area (Å²) < 4.78 is 0. The van der Waals surface area contributed by atoms with Gasteiger partial charge in [0, 0.05) is 6.42 Å². The molecule has 34 heavy (non-hydrogen) atoms. The first-order valence-corrected chi connectivity index (χ1v) is 11.8. The van der Waals surface area contributed by atoms with Gasteiger partial charge in [0.1, 0.15) is 17.5 Å². The summed E-state index contributed by atoms with van der Waals surface area (Å²) in [6.45, 7) is 3.87. The SMILES string of the molecule is Cc1nc(C)nc(Cc2cccc3c2-c2ccccc2C32c3ccccc3-c3ccccc32)n1. The predicted molar refractivity (Wildman–Crippen MR) is 135 cm³/mol. The molecule has 0 saturated carbocycles. The van der Waals surface area contributed by atoms with E-state index in [4.69, 9.17) is 0 Å². The van der Waals surface area contributed by atoms with Crippen molar-refractivity contribution in [2.24, 2.45) is 0 Å². The zero-order valence-corrected chi connectivity index (χ0v) is 19.2. The number of aryl methyl sites for hydroxylation is 2. The Morgan fingerprint density at radius 1 is 0.529 bits per heavy atom. The molecule has 2 aliphatic carbocycles. The lowest BCUT2D eigenvalue weighted by molar-refractivity contribution is 0.792. The van der Waals surface area contributed by atoms with Crippen molar-refractivity contribution < 1.29 is 0 Å². The van der Waals surface area contributed by atoms with Gasteiger partial charge in [-0.2, -0.15) is 0 Å². The van der Waals surface area contributed by atoms with Crippen LogP contribution in [-0.2, 0) is 11.8 Å². The van der Waals surface area contributed by atoms with E-state index < -0.39 is 0 Å². The molecule has 2 aliphatic rings. The molecule has 0 fully saturated rings. The van der Waals surface area contributed by atoms with Gasteiger partial charge in [-0.05, 0) is 63.9 Å². The molecule has 162 valence electrons. The van der Waals surface area contributed by atoms with Gasteiger partial charge in [0.05, 0.1) is 5.41 Å². The molecule has 0 atom stereocenters. The van der Waals surface area contributed by atoms with Crippen LogP contribution < -0.4 is 0 Å². The van der Waals surface area contributed by atoms with Crippen LogP contribution in [0, 0.1) is 13.8 Å². The molecule has 0 bridgehead atoms. The Balaban J connectivity index is 1.56. The molecular formula is C31H23N3. The summed E-state index contributed by atoms with van der Waals surface area (Å²) in [6.07, 6.45) is 0.682. The number of hydrogen-bond acceptors (Lipinski definition) is 3. The number of aromatic nitrogens is 3. The summed E-state index contributed by atoms with van der Waals surface area (Å²) in [7, 11) is 0. The standard InChI is InChI=1S/C31H23N3/c1-19-32-20(2)34-29(33-19)18-21-10-9-17-28-30(21)24-13-5-8-16-27(24)31(28)25-14-6-3-11-22(25)23-12-4-7-15-26(23)31/h3-17H,18H2,1-2H3. The first kappa shape index (κ1) is 19.4. The van der Waals surface area contributed by atoms with E-state index in [1.54, 1.807) is 0 Å². The molecule has 0 saturated heterocycles. The normalized spacial score (nSPS) is 13.9. The van der Waals surface area contributed by atoms with Gasteiger partial charge in [0.25, 0.3) is 0 Å². The molecule has 1 spiro atoms. The van der Waals surface area contributed by atoms with Crippen molar-refractivity contribution >= 4 is 0 Å². The topological polar surface area (TPSA) is 38.7 Å². The summed E-state index contributed by atoms with van der Waals surface area (Å²) in [6, 6.07) is 33.5. The van der Waals surface area contributed by atoms with E-state index in [9.17, 15) is 0 Å². The minimum Gasteiger partial charge on any atom is -0.219 e. The molecule has 0 radical (unpaired) electrons. The molecule has 1 heterocycles. The van der Waals surface area contributed by atoms with Crippen molar-refractivity contribution in [2.75, 3.05) is 0 Å². The van der Waals surface area contributed by atoms with Gasteiger partial charge < -0.3 is 0 Å². The van der Waals surface area contributed by atoms with Crippen molar-refractivity contribution in [2.45, 2.75) is 25.7 Å². The average Bonchev–Trinajstić information content (AvgIpc) is 3.32. The van der Waals surface area contributed by atoms with E-state index in [2.05, 4.69) is 106 Å². The number of nitrogens with zero attached hydrogens (tertiary/aromatic N) is 3. The first-order valence-electron chi connectivity index (χ1n) is 11.8. The van der Waals surface area contributed by atoms with Gasteiger partial charge in [0.2, 0.25) is 0 Å². The van der Waals surface area contributed by atoms with Crippen LogP contribution in [-0.4, -0.2) is 15.0 Å². The number of fused-ring (bicyclic) bond motifs is 10. The van der Waals surface area contributed by atoms with Crippen molar-refractivity contribution in [1.29, 1.82) is 0 Å². The Kier molecular flexibility index (Phi) is 3.96. The Bertz CT molecular complexity index is 1550. The molecule has 3 nitrogen and oxygen atoms in total. The van der Waals surface area contributed by atoms with Crippen molar-refractivity contribution in [1.82, 2.24) is 15.0 Å². The second kappa shape index (κ2) is 6.94. The summed E-state index contributed by atoms with van der Waals surface area (Å²) in [5.74, 6) is 2.36. The third kappa shape index (κ3) is 2.44. The predicted octanol–water partition coefficient (Wildman–Crippen LogP) is 6.42. The minimum atomic E-state index is -0.305. The maximum atomic E-state index is 4.65. The van der Waals surface area contributed by atoms with Gasteiger partial charge in [-0.15, -0.1) is 0 Å². The molecule has 5 aromatic rings. The fourth-order valence-corrected chi connectivity index (χ4v) is 6.30. The van der Waals surface area contributed by atoms with Crippen LogP contribution >= 0.6 is 0 Å². The zero-order chi connectivity index (χ0) is 22.9. The molecule has 7 rings (SSSR count). The fraction of sp³-hybridized carbons (Fsp3) is 0.129. The summed E-state index contributed by atoms with van der Waals surface area (Å²) >= 11 is 0. The van der Waals surface area contributed by atoms with E-state index in [-0.39, 0.29) is 5.41 Å². The van der Waals surface area contributed by atoms with Gasteiger partial charge in [-0.3, -0.25) is 0 Å². The largest absolute Gasteiger partial charge is 0.219 e. The quantitative estimate of drug-likeness (QED) is 0.313. The lowest BCUT2D eigenvalue weighted by atomic mass is 9.70. The minimum absolute atomic E-state index is 0.305. The second-order valence-corrected chi connectivity index (χ2v) is 9.25. The second-order valence-electron chi connectivity index (χ2n) is 9.25. The van der Waals surface area contributed by atoms with Crippen LogP contribution in [0.1, 0.15) is 45.3 Å². The third-order valence-electron chi connectivity index (χ3n) is 7.36. The number of hydrogen-bond donors (Lipinski definition) is 0. The smallest absolute Gasteiger partial charge is 0.136 e. The van der Waals surface area contributed by atoms with Crippen LogP contribution in [0.2, 0.25) is 0 Å². The molecule has 0 amide bonds. The highest BCUT2D eigenvalue weighted by molar-refractivity contribution is 5.95. The summed E-state index contributed by atoms with van der Waals surface area (Å²) in [4.78, 5) is 13.7. The van der Waals surface area contributed by atoms with E-state index in [1.165, 1.54) is 50.1 Å². The van der Waals surface area contributed by atoms with Crippen LogP contribution in [0.25, 0.3) is 22.3 Å².